The lowest BCUT2D eigenvalue weighted by molar-refractivity contribution is -0.136. The first-order valence-electron chi connectivity index (χ1n) is 14.7. The van der Waals surface area contributed by atoms with Crippen LogP contribution in [0.2, 0.25) is 0 Å². The molecule has 2 aliphatic rings. The number of hydrogen-bond donors (Lipinski definition) is 1. The molecule has 0 radical (unpaired) electrons. The number of amides is 2. The SMILES string of the molecule is BrCCCOc1ccccc1.C.C.O=C1Cc2ccccc2N(CCCOc2ccccc2)C1=O.O=C1Cc2ccccc2NC1=O. The van der Waals surface area contributed by atoms with E-state index in [4.69, 9.17) is 9.47 Å². The number of rotatable bonds is 9. The van der Waals surface area contributed by atoms with Gasteiger partial charge in [0, 0.05) is 36.1 Å². The molecule has 6 rings (SSSR count). The van der Waals surface area contributed by atoms with Gasteiger partial charge in [-0.1, -0.05) is 104 Å². The number of halogens is 1. The molecule has 0 saturated heterocycles. The number of alkyl halides is 1. The first-order chi connectivity index (χ1) is 22.0. The predicted octanol–water partition coefficient (Wildman–Crippen LogP) is 7.49. The fourth-order valence-corrected chi connectivity index (χ4v) is 4.82. The van der Waals surface area contributed by atoms with E-state index >= 15 is 0 Å². The van der Waals surface area contributed by atoms with Crippen molar-refractivity contribution in [2.75, 3.05) is 35.3 Å². The molecule has 1 N–H and O–H groups in total. The molecule has 0 aliphatic carbocycles. The van der Waals surface area contributed by atoms with Gasteiger partial charge in [0.05, 0.1) is 13.2 Å². The van der Waals surface area contributed by atoms with Gasteiger partial charge in [0.15, 0.2) is 0 Å². The third-order valence-electron chi connectivity index (χ3n) is 6.81. The standard InChI is InChI=1S/C18H17NO3.C9H11BrO.C9H7NO2.2CH4/c20-17-13-14-7-4-5-10-16(14)19(18(17)21)11-6-12-22-15-8-2-1-3-9-15;10-7-4-8-11-9-5-2-1-3-6-9;11-8-5-6-3-1-2-4-7(6)10-9(8)12;;/h1-5,7-10H,6,11-13H2;1-3,5-6H,4,7-8H2;1-4H,5H2,(H,10,12);2*1H4. The lowest BCUT2D eigenvalue weighted by Crippen LogP contribution is -2.42. The largest absolute Gasteiger partial charge is 0.494 e. The third-order valence-corrected chi connectivity index (χ3v) is 7.38. The maximum atomic E-state index is 12.1. The minimum Gasteiger partial charge on any atom is -0.494 e. The van der Waals surface area contributed by atoms with E-state index in [0.29, 0.717) is 19.6 Å². The van der Waals surface area contributed by atoms with E-state index in [0.717, 1.165) is 52.4 Å². The van der Waals surface area contributed by atoms with Crippen molar-refractivity contribution in [2.45, 2.75) is 40.5 Å². The van der Waals surface area contributed by atoms with E-state index in [1.807, 2.05) is 103 Å². The summed E-state index contributed by atoms with van der Waals surface area (Å²) < 4.78 is 11.0. The number of nitrogens with zero attached hydrogens (tertiary/aromatic N) is 1. The Bertz CT molecular complexity index is 1540. The van der Waals surface area contributed by atoms with Gasteiger partial charge < -0.3 is 19.7 Å². The predicted molar refractivity (Wildman–Crippen MR) is 192 cm³/mol. The molecule has 0 bridgehead atoms. The van der Waals surface area contributed by atoms with Gasteiger partial charge in [-0.05, 0) is 60.4 Å². The Labute approximate surface area is 286 Å². The van der Waals surface area contributed by atoms with Crippen molar-refractivity contribution < 1.29 is 28.7 Å². The van der Waals surface area contributed by atoms with Crippen LogP contribution in [-0.2, 0) is 32.0 Å². The molecule has 2 aliphatic heterocycles. The zero-order chi connectivity index (χ0) is 31.9. The number of Topliss-reactive ketones (excluding diaryl/α,β-unsaturated/α-hetero) is 2. The van der Waals surface area contributed by atoms with Crippen molar-refractivity contribution in [3.05, 3.63) is 120 Å². The molecular weight excluding hydrogens is 660 g/mol. The Morgan fingerprint density at radius 3 is 1.74 bits per heavy atom. The molecule has 248 valence electrons. The quantitative estimate of drug-likeness (QED) is 0.110. The van der Waals surface area contributed by atoms with Crippen molar-refractivity contribution >= 4 is 50.7 Å². The van der Waals surface area contributed by atoms with Gasteiger partial charge in [0.1, 0.15) is 11.5 Å². The van der Waals surface area contributed by atoms with Gasteiger partial charge in [-0.2, -0.15) is 0 Å². The van der Waals surface area contributed by atoms with E-state index in [-0.39, 0.29) is 39.3 Å². The number of carbonyl (C=O) groups is 4. The van der Waals surface area contributed by atoms with Crippen LogP contribution in [0.15, 0.2) is 109 Å². The topological polar surface area (TPSA) is 102 Å². The molecule has 4 aromatic carbocycles. The van der Waals surface area contributed by atoms with Gasteiger partial charge in [0.2, 0.25) is 11.6 Å². The molecule has 0 atom stereocenters. The Balaban J connectivity index is 0.000000262. The molecule has 9 heteroatoms. The summed E-state index contributed by atoms with van der Waals surface area (Å²) in [6.45, 7) is 1.77. The number of ether oxygens (including phenoxy) is 2. The summed E-state index contributed by atoms with van der Waals surface area (Å²) in [6.07, 6.45) is 2.14. The highest BCUT2D eigenvalue weighted by Crippen LogP contribution is 2.26. The third kappa shape index (κ3) is 11.8. The van der Waals surface area contributed by atoms with Crippen LogP contribution in [0.4, 0.5) is 11.4 Å². The Morgan fingerprint density at radius 1 is 0.617 bits per heavy atom. The Hall–Kier alpha value is -4.76. The zero-order valence-corrected chi connectivity index (χ0v) is 26.4. The Kier molecular flexibility index (Phi) is 16.7. The van der Waals surface area contributed by atoms with Gasteiger partial charge in [-0.3, -0.25) is 19.2 Å². The zero-order valence-electron chi connectivity index (χ0n) is 24.8. The molecule has 0 spiro atoms. The van der Waals surface area contributed by atoms with Crippen LogP contribution in [0, 0.1) is 0 Å². The van der Waals surface area contributed by atoms with Crippen LogP contribution in [0.3, 0.4) is 0 Å². The van der Waals surface area contributed by atoms with Crippen LogP contribution < -0.4 is 19.7 Å². The highest BCUT2D eigenvalue weighted by Gasteiger charge is 2.30. The van der Waals surface area contributed by atoms with Gasteiger partial charge in [0.25, 0.3) is 11.8 Å². The van der Waals surface area contributed by atoms with Crippen LogP contribution in [0.25, 0.3) is 0 Å². The molecule has 0 unspecified atom stereocenters. The molecule has 0 saturated carbocycles. The fourth-order valence-electron chi connectivity index (χ4n) is 4.59. The van der Waals surface area contributed by atoms with Crippen molar-refractivity contribution in [3.8, 4) is 11.5 Å². The lowest BCUT2D eigenvalue weighted by Gasteiger charge is -2.28. The van der Waals surface area contributed by atoms with E-state index in [2.05, 4.69) is 21.2 Å². The molecule has 2 heterocycles. The van der Waals surface area contributed by atoms with E-state index in [9.17, 15) is 19.2 Å². The number of ketones is 2. The first kappa shape index (κ1) is 38.4. The number of para-hydroxylation sites is 4. The summed E-state index contributed by atoms with van der Waals surface area (Å²) in [5.41, 5.74) is 3.40. The van der Waals surface area contributed by atoms with Crippen LogP contribution in [0.1, 0.15) is 38.8 Å². The number of benzene rings is 4. The molecule has 4 aromatic rings. The number of anilines is 2. The molecule has 0 aromatic heterocycles. The second-order valence-electron chi connectivity index (χ2n) is 10.1. The average molecular weight is 704 g/mol. The van der Waals surface area contributed by atoms with Crippen LogP contribution in [-0.4, -0.2) is 48.5 Å². The van der Waals surface area contributed by atoms with Gasteiger partial charge in [-0.15, -0.1) is 0 Å². The maximum Gasteiger partial charge on any atom is 0.294 e. The number of carbonyl (C=O) groups excluding carboxylic acids is 4. The number of hydrogen-bond acceptors (Lipinski definition) is 6. The van der Waals surface area contributed by atoms with Gasteiger partial charge in [-0.25, -0.2) is 0 Å². The molecule has 47 heavy (non-hydrogen) atoms. The Morgan fingerprint density at radius 2 is 1.13 bits per heavy atom. The van der Waals surface area contributed by atoms with Crippen molar-refractivity contribution in [1.29, 1.82) is 0 Å². The van der Waals surface area contributed by atoms with E-state index in [1.165, 1.54) is 0 Å². The summed E-state index contributed by atoms with van der Waals surface area (Å²) >= 11 is 3.34. The summed E-state index contributed by atoms with van der Waals surface area (Å²) in [5, 5.41) is 3.52. The average Bonchev–Trinajstić information content (AvgIpc) is 3.07. The van der Waals surface area contributed by atoms with E-state index in [1.54, 1.807) is 11.0 Å². The van der Waals surface area contributed by atoms with Crippen LogP contribution >= 0.6 is 15.9 Å². The van der Waals surface area contributed by atoms with Gasteiger partial charge >= 0.3 is 0 Å². The minimum atomic E-state index is -0.506. The summed E-state index contributed by atoms with van der Waals surface area (Å²) in [6, 6.07) is 34.3. The monoisotopic (exact) mass is 702 g/mol. The second kappa shape index (κ2) is 20.4. The fraction of sp³-hybridized carbons (Fsp3) is 0.263. The first-order valence-corrected chi connectivity index (χ1v) is 15.8. The molecule has 0 fully saturated rings. The van der Waals surface area contributed by atoms with E-state index < -0.39 is 11.8 Å². The van der Waals surface area contributed by atoms with Crippen molar-refractivity contribution in [1.82, 2.24) is 0 Å². The highest BCUT2D eigenvalue weighted by atomic mass is 79.9. The minimum absolute atomic E-state index is 0. The summed E-state index contributed by atoms with van der Waals surface area (Å²) in [4.78, 5) is 47.3. The summed E-state index contributed by atoms with van der Waals surface area (Å²) in [7, 11) is 0. The number of nitrogens with one attached hydrogen (secondary N) is 1. The molecular formula is C38H43BrN2O6. The second-order valence-corrected chi connectivity index (χ2v) is 10.9. The van der Waals surface area contributed by atoms with Crippen LogP contribution in [0.5, 0.6) is 11.5 Å². The smallest absolute Gasteiger partial charge is 0.294 e. The van der Waals surface area contributed by atoms with Crippen molar-refractivity contribution in [2.24, 2.45) is 0 Å². The normalized spacial score (nSPS) is 12.7. The maximum absolute atomic E-state index is 12.1. The summed E-state index contributed by atoms with van der Waals surface area (Å²) in [5.74, 6) is 0.126. The molecule has 8 nitrogen and oxygen atoms in total. The van der Waals surface area contributed by atoms with Crippen molar-refractivity contribution in [3.63, 3.8) is 0 Å². The number of fused-ring (bicyclic) bond motifs is 2. The lowest BCUT2D eigenvalue weighted by atomic mass is 10.00. The molecule has 2 amide bonds. The highest BCUT2D eigenvalue weighted by molar-refractivity contribution is 9.09.